The molecule has 0 unspecified atom stereocenters. The zero-order valence-corrected chi connectivity index (χ0v) is 7.57. The number of aryl methyl sites for hydroxylation is 1. The maximum absolute atomic E-state index is 5.10. The quantitative estimate of drug-likeness (QED) is 0.429. The number of fused-ring (bicyclic) bond motifs is 1. The van der Waals surface area contributed by atoms with Crippen LogP contribution in [0, 0.1) is 13.8 Å². The molecular weight excluding hydrogens is 164 g/mol. The number of nitrogens with two attached hydrogens (primary N) is 1. The Morgan fingerprint density at radius 3 is 2.69 bits per heavy atom. The molecule has 4 heteroatoms. The molecule has 2 rings (SSSR count). The number of nitrogens with zero attached hydrogens (tertiary/aromatic N) is 3. The molecule has 0 fully saturated rings. The highest BCUT2D eigenvalue weighted by molar-refractivity contribution is 5.82. The van der Waals surface area contributed by atoms with Gasteiger partial charge >= 0.3 is 0 Å². The molecule has 0 atom stereocenters. The van der Waals surface area contributed by atoms with Crippen LogP contribution in [0.4, 0.5) is 0 Å². The lowest BCUT2D eigenvalue weighted by Crippen LogP contribution is -2.25. The van der Waals surface area contributed by atoms with Crippen LogP contribution in [0.2, 0.25) is 0 Å². The fourth-order valence-corrected chi connectivity index (χ4v) is 1.31. The molecule has 66 valence electrons. The molecule has 1 aromatic carbocycles. The van der Waals surface area contributed by atoms with Crippen molar-refractivity contribution in [1.29, 1.82) is 0 Å². The Kier molecular flexibility index (Phi) is 1.62. The van der Waals surface area contributed by atoms with Gasteiger partial charge in [0.2, 0.25) is 0 Å². The maximum atomic E-state index is 5.10. The normalized spacial score (nSPS) is 16.6. The first-order valence-corrected chi connectivity index (χ1v) is 4.04. The van der Waals surface area contributed by atoms with Gasteiger partial charge in [-0.1, -0.05) is 6.07 Å². The van der Waals surface area contributed by atoms with Crippen LogP contribution in [-0.4, -0.2) is 5.96 Å². The van der Waals surface area contributed by atoms with Gasteiger partial charge in [0.25, 0.3) is 5.96 Å². The minimum absolute atomic E-state index is 0.351. The predicted molar refractivity (Wildman–Crippen MR) is 49.9 cm³/mol. The first kappa shape index (κ1) is 7.91. The van der Waals surface area contributed by atoms with E-state index < -0.39 is 0 Å². The van der Waals surface area contributed by atoms with Crippen molar-refractivity contribution in [2.24, 2.45) is 20.9 Å². The summed E-state index contributed by atoms with van der Waals surface area (Å²) in [6.45, 7) is 4.06. The van der Waals surface area contributed by atoms with Crippen molar-refractivity contribution in [3.63, 3.8) is 0 Å². The van der Waals surface area contributed by atoms with Crippen molar-refractivity contribution in [2.45, 2.75) is 13.8 Å². The van der Waals surface area contributed by atoms with E-state index in [1.165, 1.54) is 5.56 Å². The summed E-state index contributed by atoms with van der Waals surface area (Å²) in [5, 5.41) is 5.20. The Labute approximate surface area is 75.5 Å². The molecule has 0 spiro atoms. The smallest absolute Gasteiger partial charge is 0.267 e. The van der Waals surface area contributed by atoms with Crippen LogP contribution in [0.15, 0.2) is 27.2 Å². The minimum Gasteiger partial charge on any atom is -0.320 e. The number of hydrazone groups is 1. The third kappa shape index (κ3) is 1.11. The molecule has 4 nitrogen and oxygen atoms in total. The SMILES string of the molecule is Cc1ccc2c(c1C)=NC(=NN)N=2. The molecule has 0 aliphatic carbocycles. The lowest BCUT2D eigenvalue weighted by molar-refractivity contribution is 1.20. The molecule has 0 saturated carbocycles. The second kappa shape index (κ2) is 2.65. The average Bonchev–Trinajstić information content (AvgIpc) is 2.55. The average molecular weight is 174 g/mol. The van der Waals surface area contributed by atoms with E-state index in [2.05, 4.69) is 15.1 Å². The molecule has 1 aromatic rings. The largest absolute Gasteiger partial charge is 0.320 e. The fraction of sp³-hybridized carbons (Fsp3) is 0.222. The molecule has 0 aromatic heterocycles. The number of hydrogen-bond donors (Lipinski definition) is 1. The van der Waals surface area contributed by atoms with Gasteiger partial charge in [0, 0.05) is 0 Å². The summed E-state index contributed by atoms with van der Waals surface area (Å²) in [7, 11) is 0. The van der Waals surface area contributed by atoms with Crippen LogP contribution in [0.3, 0.4) is 0 Å². The highest BCUT2D eigenvalue weighted by Gasteiger charge is 2.06. The summed E-state index contributed by atoms with van der Waals surface area (Å²) in [6.07, 6.45) is 0. The third-order valence-electron chi connectivity index (χ3n) is 2.23. The van der Waals surface area contributed by atoms with Crippen LogP contribution in [0.5, 0.6) is 0 Å². The van der Waals surface area contributed by atoms with Crippen LogP contribution in [0.1, 0.15) is 11.1 Å². The fourth-order valence-electron chi connectivity index (χ4n) is 1.31. The standard InChI is InChI=1S/C9H10N4/c1-5-3-4-7-8(6(5)2)12-9(11-7)13-10/h3-4H,10H2,1-2H3. The Morgan fingerprint density at radius 2 is 2.00 bits per heavy atom. The monoisotopic (exact) mass is 174 g/mol. The van der Waals surface area contributed by atoms with Crippen LogP contribution in [-0.2, 0) is 0 Å². The first-order chi connectivity index (χ1) is 6.22. The Bertz CT molecular complexity index is 499. The topological polar surface area (TPSA) is 63.1 Å². The van der Waals surface area contributed by atoms with Crippen LogP contribution >= 0.6 is 0 Å². The van der Waals surface area contributed by atoms with E-state index in [0.717, 1.165) is 16.3 Å². The van der Waals surface area contributed by atoms with E-state index in [1.54, 1.807) is 0 Å². The summed E-state index contributed by atoms with van der Waals surface area (Å²) in [6, 6.07) is 3.95. The van der Waals surface area contributed by atoms with Crippen molar-refractivity contribution in [2.75, 3.05) is 0 Å². The van der Waals surface area contributed by atoms with E-state index in [0.29, 0.717) is 5.96 Å². The minimum atomic E-state index is 0.351. The van der Waals surface area contributed by atoms with E-state index in [4.69, 9.17) is 5.84 Å². The molecule has 1 aliphatic heterocycles. The van der Waals surface area contributed by atoms with Crippen molar-refractivity contribution in [1.82, 2.24) is 0 Å². The van der Waals surface area contributed by atoms with Crippen molar-refractivity contribution < 1.29 is 0 Å². The summed E-state index contributed by atoms with van der Waals surface area (Å²) in [4.78, 5) is 8.32. The maximum Gasteiger partial charge on any atom is 0.267 e. The highest BCUT2D eigenvalue weighted by atomic mass is 15.2. The second-order valence-electron chi connectivity index (χ2n) is 3.03. The van der Waals surface area contributed by atoms with E-state index in [9.17, 15) is 0 Å². The lowest BCUT2D eigenvalue weighted by Gasteiger charge is -1.95. The first-order valence-electron chi connectivity index (χ1n) is 4.04. The molecule has 0 amide bonds. The van der Waals surface area contributed by atoms with Gasteiger partial charge in [-0.3, -0.25) is 0 Å². The Balaban J connectivity index is 2.86. The highest BCUT2D eigenvalue weighted by Crippen LogP contribution is 1.98. The molecule has 0 saturated heterocycles. The van der Waals surface area contributed by atoms with Gasteiger partial charge in [0.15, 0.2) is 0 Å². The zero-order valence-electron chi connectivity index (χ0n) is 7.57. The summed E-state index contributed by atoms with van der Waals surface area (Å²) < 4.78 is 0. The molecule has 0 bridgehead atoms. The predicted octanol–water partition coefficient (Wildman–Crippen LogP) is -0.214. The summed E-state index contributed by atoms with van der Waals surface area (Å²) >= 11 is 0. The molecule has 1 aliphatic rings. The molecule has 13 heavy (non-hydrogen) atoms. The van der Waals surface area contributed by atoms with Gasteiger partial charge in [-0.05, 0) is 31.0 Å². The van der Waals surface area contributed by atoms with E-state index in [1.807, 2.05) is 26.0 Å². The molecular formula is C9H10N4. The van der Waals surface area contributed by atoms with Gasteiger partial charge in [0.1, 0.15) is 0 Å². The lowest BCUT2D eigenvalue weighted by atomic mass is 10.1. The van der Waals surface area contributed by atoms with E-state index >= 15 is 0 Å². The Hall–Kier alpha value is -1.71. The number of benzene rings is 1. The number of guanidine groups is 1. The van der Waals surface area contributed by atoms with E-state index in [-0.39, 0.29) is 0 Å². The summed E-state index contributed by atoms with van der Waals surface area (Å²) in [5.41, 5.74) is 2.34. The van der Waals surface area contributed by atoms with Gasteiger partial charge in [0.05, 0.1) is 10.7 Å². The van der Waals surface area contributed by atoms with Crippen LogP contribution < -0.4 is 16.6 Å². The van der Waals surface area contributed by atoms with Gasteiger partial charge < -0.3 is 5.84 Å². The zero-order chi connectivity index (χ0) is 9.42. The summed E-state index contributed by atoms with van der Waals surface area (Å²) in [5.74, 6) is 5.45. The molecule has 0 radical (unpaired) electrons. The van der Waals surface area contributed by atoms with Crippen molar-refractivity contribution >= 4 is 5.96 Å². The second-order valence-corrected chi connectivity index (χ2v) is 3.03. The number of rotatable bonds is 0. The number of hydrogen-bond acceptors (Lipinski definition) is 2. The molecule has 1 heterocycles. The van der Waals surface area contributed by atoms with Crippen molar-refractivity contribution in [3.8, 4) is 0 Å². The van der Waals surface area contributed by atoms with Crippen molar-refractivity contribution in [3.05, 3.63) is 34.0 Å². The van der Waals surface area contributed by atoms with Crippen LogP contribution in [0.25, 0.3) is 0 Å². The Morgan fingerprint density at radius 1 is 1.23 bits per heavy atom. The molecule has 2 N–H and O–H groups in total. The third-order valence-corrected chi connectivity index (χ3v) is 2.23. The van der Waals surface area contributed by atoms with Gasteiger partial charge in [-0.15, -0.1) is 5.10 Å². The van der Waals surface area contributed by atoms with Gasteiger partial charge in [-0.2, -0.15) is 0 Å². The van der Waals surface area contributed by atoms with Gasteiger partial charge in [-0.25, -0.2) is 9.98 Å².